The molecule has 0 N–H and O–H groups in total. The van der Waals surface area contributed by atoms with Gasteiger partial charge in [0.1, 0.15) is 0 Å². The van der Waals surface area contributed by atoms with Gasteiger partial charge in [-0.2, -0.15) is 9.36 Å². The molecule has 2 heterocycles. The van der Waals surface area contributed by atoms with Crippen molar-refractivity contribution >= 4 is 34.7 Å². The normalized spacial score (nSPS) is 10.9. The first-order chi connectivity index (χ1) is 30.0. The van der Waals surface area contributed by atoms with Crippen molar-refractivity contribution in [2.75, 3.05) is 0 Å². The number of aryl methyl sites for hydroxylation is 8. The molecule has 0 bridgehead atoms. The molecule has 8 rings (SSSR count). The largest absolute Gasteiger partial charge is 0.219 e. The van der Waals surface area contributed by atoms with Gasteiger partial charge in [-0.05, 0) is 169 Å². The molecule has 0 unspecified atom stereocenters. The summed E-state index contributed by atoms with van der Waals surface area (Å²) in [5, 5.41) is 27.7. The van der Waals surface area contributed by atoms with E-state index in [-0.39, 0.29) is 0 Å². The highest BCUT2D eigenvalue weighted by Gasteiger charge is 2.23. The lowest BCUT2D eigenvalue weighted by Crippen LogP contribution is -2.01. The number of aromatic nitrogens is 8. The zero-order chi connectivity index (χ0) is 43.3. The number of nitrogens with zero attached hydrogens (tertiary/aromatic N) is 8. The van der Waals surface area contributed by atoms with Gasteiger partial charge in [0.25, 0.3) is 0 Å². The molecule has 8 aromatic rings. The number of thioether (sulfide) groups is 2. The number of hydrogen-bond donors (Lipinski definition) is 0. The van der Waals surface area contributed by atoms with Gasteiger partial charge in [0.15, 0.2) is 0 Å². The third-order valence-corrected chi connectivity index (χ3v) is 12.6. The molecule has 0 spiro atoms. The van der Waals surface area contributed by atoms with Crippen LogP contribution in [0.5, 0.6) is 0 Å². The van der Waals surface area contributed by atoms with Gasteiger partial charge in [0, 0.05) is 11.1 Å². The van der Waals surface area contributed by atoms with Gasteiger partial charge in [0.2, 0.25) is 10.3 Å². The fourth-order valence-electron chi connectivity index (χ4n) is 7.55. The quantitative estimate of drug-likeness (QED) is 0.0723. The van der Waals surface area contributed by atoms with E-state index in [0.29, 0.717) is 10.3 Å². The van der Waals surface area contributed by atoms with E-state index in [2.05, 4.69) is 171 Å². The van der Waals surface area contributed by atoms with Crippen molar-refractivity contribution in [3.8, 4) is 11.4 Å². The SMILES string of the molecule is Cc1ccc(C(=C=C(Sc2nnnn2-c2ccccc2)C(=C=C(c2ccc(C)cc2C)c2ccc(C)cc2C)Sc2nnnn2-c2ccccc2)c2ccc(C)cc2C)c(C)c1. The molecule has 306 valence electrons. The van der Waals surface area contributed by atoms with Gasteiger partial charge in [-0.15, -0.1) is 10.2 Å². The Kier molecular flexibility index (Phi) is 12.5. The lowest BCUT2D eigenvalue weighted by molar-refractivity contribution is 0.756. The average Bonchev–Trinajstić information content (AvgIpc) is 3.92. The maximum atomic E-state index is 4.62. The lowest BCUT2D eigenvalue weighted by atomic mass is 9.90. The fourth-order valence-corrected chi connectivity index (χ4v) is 9.37. The molecule has 0 saturated carbocycles. The zero-order valence-corrected chi connectivity index (χ0v) is 37.7. The standard InChI is InChI=1S/C52H46N8S2/c1-33-19-23-43(37(5)27-33)47(44-24-20-34(2)28-38(44)6)31-49(61-51-53-55-57-59(51)41-15-11-9-12-16-41)50(62-52-54-56-58-60(52)42-17-13-10-14-18-42)32-48(45-25-21-35(3)29-39(45)7)46-26-22-36(4)30-40(46)8/h9-30H,1-8H3. The summed E-state index contributed by atoms with van der Waals surface area (Å²) in [5.41, 5.74) is 25.1. The topological polar surface area (TPSA) is 87.2 Å². The second kappa shape index (κ2) is 18.4. The summed E-state index contributed by atoms with van der Waals surface area (Å²) in [6.07, 6.45) is 0. The van der Waals surface area contributed by atoms with Crippen LogP contribution in [0.2, 0.25) is 0 Å². The molecule has 0 saturated heterocycles. The summed E-state index contributed by atoms with van der Waals surface area (Å²) in [5.74, 6) is 0. The molecular formula is C52H46N8S2. The van der Waals surface area contributed by atoms with E-state index in [1.54, 1.807) is 9.36 Å². The van der Waals surface area contributed by atoms with Crippen molar-refractivity contribution in [3.05, 3.63) is 221 Å². The van der Waals surface area contributed by atoms with E-state index in [9.17, 15) is 0 Å². The molecule has 6 aromatic carbocycles. The first-order valence-electron chi connectivity index (χ1n) is 20.4. The van der Waals surface area contributed by atoms with E-state index < -0.39 is 0 Å². The minimum absolute atomic E-state index is 0.557. The van der Waals surface area contributed by atoms with Gasteiger partial charge in [0.05, 0.1) is 21.2 Å². The van der Waals surface area contributed by atoms with Gasteiger partial charge in [-0.25, -0.2) is 0 Å². The monoisotopic (exact) mass is 846 g/mol. The van der Waals surface area contributed by atoms with Crippen LogP contribution in [0.3, 0.4) is 0 Å². The summed E-state index contributed by atoms with van der Waals surface area (Å²) >= 11 is 2.86. The van der Waals surface area contributed by atoms with E-state index in [1.807, 2.05) is 60.7 Å². The molecule has 62 heavy (non-hydrogen) atoms. The van der Waals surface area contributed by atoms with Crippen LogP contribution in [0.1, 0.15) is 66.8 Å². The summed E-state index contributed by atoms with van der Waals surface area (Å²) in [7, 11) is 0. The van der Waals surface area contributed by atoms with Crippen molar-refractivity contribution < 1.29 is 0 Å². The smallest absolute Gasteiger partial charge is 0.187 e. The number of hydrogen-bond acceptors (Lipinski definition) is 8. The Balaban J connectivity index is 1.55. The second-order valence-electron chi connectivity index (χ2n) is 15.6. The Labute approximate surface area is 371 Å². The van der Waals surface area contributed by atoms with Gasteiger partial charge in [-0.1, -0.05) is 143 Å². The molecule has 2 aromatic heterocycles. The minimum atomic E-state index is 0.557. The predicted octanol–water partition coefficient (Wildman–Crippen LogP) is 12.2. The molecule has 10 heteroatoms. The average molecular weight is 847 g/mol. The van der Waals surface area contributed by atoms with Crippen molar-refractivity contribution in [2.24, 2.45) is 0 Å². The lowest BCUT2D eigenvalue weighted by Gasteiger charge is -2.16. The third kappa shape index (κ3) is 9.25. The molecular weight excluding hydrogens is 801 g/mol. The van der Waals surface area contributed by atoms with Crippen molar-refractivity contribution in [1.29, 1.82) is 0 Å². The molecule has 0 aliphatic carbocycles. The van der Waals surface area contributed by atoms with E-state index >= 15 is 0 Å². The van der Waals surface area contributed by atoms with Gasteiger partial charge < -0.3 is 0 Å². The van der Waals surface area contributed by atoms with Crippen LogP contribution in [-0.2, 0) is 0 Å². The summed E-state index contributed by atoms with van der Waals surface area (Å²) < 4.78 is 3.52. The maximum Gasteiger partial charge on any atom is 0.219 e. The number of para-hydroxylation sites is 2. The summed E-state index contributed by atoms with van der Waals surface area (Å²) in [4.78, 5) is 1.46. The van der Waals surface area contributed by atoms with Gasteiger partial charge in [-0.3, -0.25) is 0 Å². The summed E-state index contributed by atoms with van der Waals surface area (Å²) in [6, 6.07) is 46.2. The van der Waals surface area contributed by atoms with Crippen LogP contribution in [0, 0.1) is 55.4 Å². The van der Waals surface area contributed by atoms with E-state index in [4.69, 9.17) is 0 Å². The molecule has 0 radical (unpaired) electrons. The van der Waals surface area contributed by atoms with Crippen molar-refractivity contribution in [1.82, 2.24) is 40.4 Å². The van der Waals surface area contributed by atoms with Crippen LogP contribution in [0.15, 0.2) is 165 Å². The predicted molar refractivity (Wildman–Crippen MR) is 253 cm³/mol. The first-order valence-corrected chi connectivity index (χ1v) is 22.0. The molecule has 0 atom stereocenters. The highest BCUT2D eigenvalue weighted by Crippen LogP contribution is 2.42. The van der Waals surface area contributed by atoms with E-state index in [0.717, 1.165) is 76.8 Å². The number of rotatable bonds is 11. The molecule has 0 aliphatic rings. The van der Waals surface area contributed by atoms with Crippen molar-refractivity contribution in [3.63, 3.8) is 0 Å². The van der Waals surface area contributed by atoms with E-state index in [1.165, 1.54) is 45.8 Å². The maximum absolute atomic E-state index is 4.62. The van der Waals surface area contributed by atoms with Crippen LogP contribution >= 0.6 is 23.5 Å². The summed E-state index contributed by atoms with van der Waals surface area (Å²) in [6.45, 7) is 17.1. The fraction of sp³-hybridized carbons (Fsp3) is 0.154. The highest BCUT2D eigenvalue weighted by molar-refractivity contribution is 8.08. The first kappa shape index (κ1) is 41.9. The molecule has 0 aliphatic heterocycles. The van der Waals surface area contributed by atoms with Crippen LogP contribution in [0.25, 0.3) is 22.5 Å². The Morgan fingerprint density at radius 2 is 0.710 bits per heavy atom. The number of benzene rings is 6. The molecule has 0 fully saturated rings. The minimum Gasteiger partial charge on any atom is -0.187 e. The molecule has 8 nitrogen and oxygen atoms in total. The van der Waals surface area contributed by atoms with Crippen molar-refractivity contribution in [2.45, 2.75) is 65.7 Å². The highest BCUT2D eigenvalue weighted by atomic mass is 32.2. The third-order valence-electron chi connectivity index (χ3n) is 10.6. The number of tetrazole rings is 2. The van der Waals surface area contributed by atoms with Crippen LogP contribution in [0.4, 0.5) is 0 Å². The second-order valence-corrected chi connectivity index (χ2v) is 17.5. The Morgan fingerprint density at radius 1 is 0.403 bits per heavy atom. The Hall–Kier alpha value is -6.80. The molecule has 0 amide bonds. The Bertz CT molecular complexity index is 2760. The Morgan fingerprint density at radius 3 is 1.00 bits per heavy atom. The van der Waals surface area contributed by atoms with Gasteiger partial charge >= 0.3 is 0 Å². The van der Waals surface area contributed by atoms with Crippen LogP contribution < -0.4 is 0 Å². The van der Waals surface area contributed by atoms with Crippen LogP contribution in [-0.4, -0.2) is 40.4 Å². The zero-order valence-electron chi connectivity index (χ0n) is 36.1.